The van der Waals surface area contributed by atoms with Gasteiger partial charge in [-0.2, -0.15) is 0 Å². The summed E-state index contributed by atoms with van der Waals surface area (Å²) in [5.41, 5.74) is 2.03. The van der Waals surface area contributed by atoms with Crippen LogP contribution >= 0.6 is 0 Å². The Kier molecular flexibility index (Phi) is 8.87. The van der Waals surface area contributed by atoms with Crippen molar-refractivity contribution < 1.29 is 10.2 Å². The van der Waals surface area contributed by atoms with Crippen LogP contribution in [0, 0.1) is 5.92 Å². The van der Waals surface area contributed by atoms with Crippen molar-refractivity contribution in [2.75, 3.05) is 0 Å². The molecule has 1 atom stereocenters. The van der Waals surface area contributed by atoms with E-state index in [1.54, 1.807) is 12.1 Å². The molecule has 0 amide bonds. The molecule has 0 saturated carbocycles. The zero-order valence-corrected chi connectivity index (χ0v) is 16.1. The van der Waals surface area contributed by atoms with E-state index in [-0.39, 0.29) is 0 Å². The van der Waals surface area contributed by atoms with E-state index in [1.165, 1.54) is 44.1 Å². The molecule has 2 nitrogen and oxygen atoms in total. The lowest BCUT2D eigenvalue weighted by Gasteiger charge is -2.27. The third kappa shape index (κ3) is 7.31. The van der Waals surface area contributed by atoms with Crippen molar-refractivity contribution in [1.29, 1.82) is 0 Å². The van der Waals surface area contributed by atoms with Crippen LogP contribution in [0.5, 0.6) is 0 Å². The number of hydrogen-bond acceptors (Lipinski definition) is 2. The summed E-state index contributed by atoms with van der Waals surface area (Å²) in [4.78, 5) is 0. The summed E-state index contributed by atoms with van der Waals surface area (Å²) in [5, 5.41) is 20.8. The highest BCUT2D eigenvalue weighted by molar-refractivity contribution is 5.19. The fraction of sp³-hybridized carbons (Fsp3) is 0.500. The minimum absolute atomic E-state index is 0.356. The van der Waals surface area contributed by atoms with Crippen molar-refractivity contribution in [2.45, 2.75) is 70.5 Å². The monoisotopic (exact) mass is 354 g/mol. The number of aryl methyl sites for hydroxylation is 1. The quantitative estimate of drug-likeness (QED) is 0.372. The predicted molar refractivity (Wildman–Crippen MR) is 109 cm³/mol. The molecule has 0 saturated heterocycles. The van der Waals surface area contributed by atoms with Crippen LogP contribution in [0.3, 0.4) is 0 Å². The molecule has 1 unspecified atom stereocenters. The molecule has 0 aliphatic rings. The van der Waals surface area contributed by atoms with Crippen molar-refractivity contribution in [3.8, 4) is 0 Å². The van der Waals surface area contributed by atoms with E-state index in [2.05, 4.69) is 37.3 Å². The maximum atomic E-state index is 10.4. The number of hydrogen-bond donors (Lipinski definition) is 2. The van der Waals surface area contributed by atoms with Gasteiger partial charge in [0.25, 0.3) is 0 Å². The first-order chi connectivity index (χ1) is 12.6. The van der Waals surface area contributed by atoms with Gasteiger partial charge >= 0.3 is 0 Å². The summed E-state index contributed by atoms with van der Waals surface area (Å²) in [6, 6.07) is 19.9. The Bertz CT molecular complexity index is 592. The molecule has 0 aliphatic carbocycles. The maximum absolute atomic E-state index is 10.4. The average Bonchev–Trinajstić information content (AvgIpc) is 2.67. The highest BCUT2D eigenvalue weighted by atomic mass is 16.5. The van der Waals surface area contributed by atoms with E-state index in [9.17, 15) is 10.2 Å². The molecular formula is C24H34O2. The van der Waals surface area contributed by atoms with Crippen LogP contribution in [0.15, 0.2) is 60.7 Å². The van der Waals surface area contributed by atoms with Crippen LogP contribution in [0.2, 0.25) is 0 Å². The van der Waals surface area contributed by atoms with Gasteiger partial charge in [-0.15, -0.1) is 0 Å². The molecule has 2 aromatic rings. The third-order valence-corrected chi connectivity index (χ3v) is 5.31. The highest BCUT2D eigenvalue weighted by Gasteiger charge is 2.28. The molecular weight excluding hydrogens is 320 g/mol. The first kappa shape index (κ1) is 20.7. The molecule has 2 rings (SSSR count). The molecule has 2 heteroatoms. The van der Waals surface area contributed by atoms with Gasteiger partial charge in [-0.05, 0) is 24.3 Å². The molecule has 0 fully saturated rings. The second-order valence-corrected chi connectivity index (χ2v) is 7.45. The van der Waals surface area contributed by atoms with Crippen LogP contribution in [-0.2, 0) is 12.2 Å². The van der Waals surface area contributed by atoms with Crippen LogP contribution < -0.4 is 0 Å². The third-order valence-electron chi connectivity index (χ3n) is 5.31. The van der Waals surface area contributed by atoms with E-state index >= 15 is 0 Å². The van der Waals surface area contributed by atoms with Gasteiger partial charge in [0.05, 0.1) is 0 Å². The van der Waals surface area contributed by atoms with E-state index in [4.69, 9.17) is 0 Å². The maximum Gasteiger partial charge on any atom is 0.190 e. The van der Waals surface area contributed by atoms with Crippen molar-refractivity contribution in [2.24, 2.45) is 5.92 Å². The van der Waals surface area contributed by atoms with Gasteiger partial charge in [-0.1, -0.05) is 106 Å². The van der Waals surface area contributed by atoms with Crippen molar-refractivity contribution >= 4 is 0 Å². The summed E-state index contributed by atoms with van der Waals surface area (Å²) in [5.74, 6) is -1.35. The minimum Gasteiger partial charge on any atom is -0.362 e. The topological polar surface area (TPSA) is 40.5 Å². The lowest BCUT2D eigenvalue weighted by Crippen LogP contribution is -2.28. The second-order valence-electron chi connectivity index (χ2n) is 7.45. The molecule has 0 aromatic heterocycles. The molecule has 0 radical (unpaired) electrons. The number of rotatable bonds is 12. The van der Waals surface area contributed by atoms with E-state index in [1.807, 2.05) is 18.2 Å². The Hall–Kier alpha value is -1.64. The Morgan fingerprint density at radius 2 is 1.35 bits per heavy atom. The highest BCUT2D eigenvalue weighted by Crippen LogP contribution is 2.30. The Morgan fingerprint density at radius 1 is 0.769 bits per heavy atom. The zero-order valence-electron chi connectivity index (χ0n) is 16.1. The Morgan fingerprint density at radius 3 is 2.00 bits per heavy atom. The van der Waals surface area contributed by atoms with Gasteiger partial charge in [-0.3, -0.25) is 0 Å². The van der Waals surface area contributed by atoms with Gasteiger partial charge in [0.2, 0.25) is 0 Å². The van der Waals surface area contributed by atoms with Gasteiger partial charge in [0.1, 0.15) is 0 Å². The molecule has 0 spiro atoms. The van der Waals surface area contributed by atoms with Crippen LogP contribution in [0.1, 0.15) is 69.4 Å². The van der Waals surface area contributed by atoms with Gasteiger partial charge in [-0.25, -0.2) is 0 Å². The van der Waals surface area contributed by atoms with Crippen molar-refractivity contribution in [3.63, 3.8) is 0 Å². The van der Waals surface area contributed by atoms with E-state index < -0.39 is 5.79 Å². The summed E-state index contributed by atoms with van der Waals surface area (Å²) >= 11 is 0. The van der Waals surface area contributed by atoms with Crippen molar-refractivity contribution in [1.82, 2.24) is 0 Å². The zero-order chi connectivity index (χ0) is 18.7. The molecule has 2 aromatic carbocycles. The first-order valence-electron chi connectivity index (χ1n) is 10.2. The number of aliphatic hydroxyl groups is 2. The largest absolute Gasteiger partial charge is 0.362 e. The van der Waals surface area contributed by atoms with Crippen LogP contribution in [-0.4, -0.2) is 10.2 Å². The lowest BCUT2D eigenvalue weighted by atomic mass is 9.88. The molecule has 2 N–H and O–H groups in total. The van der Waals surface area contributed by atoms with E-state index in [0.29, 0.717) is 17.9 Å². The number of benzene rings is 2. The lowest BCUT2D eigenvalue weighted by molar-refractivity contribution is -0.183. The van der Waals surface area contributed by atoms with Crippen LogP contribution in [0.4, 0.5) is 0 Å². The fourth-order valence-electron chi connectivity index (χ4n) is 3.61. The summed E-state index contributed by atoms with van der Waals surface area (Å²) in [6.45, 7) is 2.14. The average molecular weight is 355 g/mol. The minimum atomic E-state index is -1.71. The Balaban J connectivity index is 1.61. The Labute approximate surface area is 158 Å². The fourth-order valence-corrected chi connectivity index (χ4v) is 3.61. The van der Waals surface area contributed by atoms with Gasteiger partial charge in [0, 0.05) is 12.0 Å². The van der Waals surface area contributed by atoms with Crippen molar-refractivity contribution in [3.05, 3.63) is 71.8 Å². The summed E-state index contributed by atoms with van der Waals surface area (Å²) in [7, 11) is 0. The molecule has 0 aliphatic heterocycles. The second kappa shape index (κ2) is 11.2. The van der Waals surface area contributed by atoms with Crippen LogP contribution in [0.25, 0.3) is 0 Å². The molecule has 26 heavy (non-hydrogen) atoms. The predicted octanol–water partition coefficient (Wildman–Crippen LogP) is 5.82. The molecule has 142 valence electrons. The summed E-state index contributed by atoms with van der Waals surface area (Å²) in [6.07, 6.45) is 9.87. The summed E-state index contributed by atoms with van der Waals surface area (Å²) < 4.78 is 0. The van der Waals surface area contributed by atoms with E-state index in [0.717, 1.165) is 12.8 Å². The molecule has 0 bridgehead atoms. The smallest absolute Gasteiger partial charge is 0.190 e. The SMILES string of the molecule is CCC(CCCCCCCc1ccccc1)CC(O)(O)c1ccccc1. The normalized spacial score (nSPS) is 12.9. The molecule has 0 heterocycles. The standard InChI is InChI=1S/C24H34O2/c1-2-21(20-24(25,26)23-18-12-7-13-19-23)14-8-4-3-5-9-15-22-16-10-6-11-17-22/h6-7,10-13,16-19,21,25-26H,2-5,8-9,14-15,20H2,1H3. The number of unbranched alkanes of at least 4 members (excludes halogenated alkanes) is 4. The first-order valence-corrected chi connectivity index (χ1v) is 10.2. The van der Waals surface area contributed by atoms with Gasteiger partial charge in [0.15, 0.2) is 5.79 Å². The van der Waals surface area contributed by atoms with Gasteiger partial charge < -0.3 is 10.2 Å².